The zero-order valence-corrected chi connectivity index (χ0v) is 22.1. The average Bonchev–Trinajstić information content (AvgIpc) is 3.17. The SMILES string of the molecule is COCCN1C(=O)C(=O)/C(=C(/O)c2ccc(OC(C)C)c(C)c2)C1c1cccc(OCc2ccccc2)c1. The summed E-state index contributed by atoms with van der Waals surface area (Å²) in [5, 5.41) is 11.4. The van der Waals surface area contributed by atoms with Gasteiger partial charge in [0.1, 0.15) is 23.9 Å². The molecule has 198 valence electrons. The van der Waals surface area contributed by atoms with Crippen molar-refractivity contribution in [1.82, 2.24) is 4.90 Å². The zero-order valence-electron chi connectivity index (χ0n) is 22.1. The van der Waals surface area contributed by atoms with E-state index in [0.29, 0.717) is 29.2 Å². The van der Waals surface area contributed by atoms with Gasteiger partial charge in [-0.1, -0.05) is 42.5 Å². The largest absolute Gasteiger partial charge is 0.507 e. The second kappa shape index (κ2) is 12.0. The average molecular weight is 516 g/mol. The van der Waals surface area contributed by atoms with E-state index in [9.17, 15) is 14.7 Å². The maximum absolute atomic E-state index is 13.3. The number of aliphatic hydroxyl groups excluding tert-OH is 1. The van der Waals surface area contributed by atoms with Crippen LogP contribution in [0.2, 0.25) is 0 Å². The molecule has 1 amide bonds. The van der Waals surface area contributed by atoms with Crippen LogP contribution in [0.5, 0.6) is 11.5 Å². The van der Waals surface area contributed by atoms with Crippen LogP contribution < -0.4 is 9.47 Å². The second-order valence-corrected chi connectivity index (χ2v) is 9.48. The van der Waals surface area contributed by atoms with Crippen molar-refractivity contribution < 1.29 is 28.9 Å². The Hall–Kier alpha value is -4.10. The van der Waals surface area contributed by atoms with Gasteiger partial charge in [0.05, 0.1) is 24.3 Å². The number of ether oxygens (including phenoxy) is 3. The number of aryl methyl sites for hydroxylation is 1. The number of carbonyl (C=O) groups is 2. The number of nitrogens with zero attached hydrogens (tertiary/aromatic N) is 1. The molecule has 0 aliphatic carbocycles. The summed E-state index contributed by atoms with van der Waals surface area (Å²) < 4.78 is 17.0. The van der Waals surface area contributed by atoms with Gasteiger partial charge in [0.25, 0.3) is 11.7 Å². The molecule has 38 heavy (non-hydrogen) atoms. The summed E-state index contributed by atoms with van der Waals surface area (Å²) in [5.74, 6) is -0.366. The fourth-order valence-electron chi connectivity index (χ4n) is 4.50. The molecule has 0 saturated carbocycles. The monoisotopic (exact) mass is 515 g/mol. The van der Waals surface area contributed by atoms with Crippen molar-refractivity contribution >= 4 is 17.4 Å². The number of Topliss-reactive ketones (excluding diaryl/α,β-unsaturated/α-hetero) is 1. The number of methoxy groups -OCH3 is 1. The van der Waals surface area contributed by atoms with Crippen LogP contribution in [-0.4, -0.2) is 48.1 Å². The van der Waals surface area contributed by atoms with Gasteiger partial charge in [-0.15, -0.1) is 0 Å². The first-order chi connectivity index (χ1) is 18.3. The van der Waals surface area contributed by atoms with E-state index in [-0.39, 0.29) is 30.6 Å². The van der Waals surface area contributed by atoms with Crippen molar-refractivity contribution in [2.24, 2.45) is 0 Å². The molecule has 1 saturated heterocycles. The fraction of sp³-hybridized carbons (Fsp3) is 0.290. The summed E-state index contributed by atoms with van der Waals surface area (Å²) in [4.78, 5) is 27.8. The lowest BCUT2D eigenvalue weighted by molar-refractivity contribution is -0.140. The Morgan fingerprint density at radius 1 is 1.00 bits per heavy atom. The number of rotatable bonds is 10. The molecule has 1 atom stereocenters. The van der Waals surface area contributed by atoms with Gasteiger partial charge in [0.2, 0.25) is 0 Å². The van der Waals surface area contributed by atoms with Crippen LogP contribution >= 0.6 is 0 Å². The smallest absolute Gasteiger partial charge is 0.295 e. The Labute approximate surface area is 223 Å². The van der Waals surface area contributed by atoms with Gasteiger partial charge < -0.3 is 24.2 Å². The van der Waals surface area contributed by atoms with E-state index in [1.165, 1.54) is 12.0 Å². The lowest BCUT2D eigenvalue weighted by atomic mass is 9.94. The van der Waals surface area contributed by atoms with E-state index in [1.807, 2.05) is 69.3 Å². The molecule has 7 heteroatoms. The number of hydrogen-bond acceptors (Lipinski definition) is 6. The third kappa shape index (κ3) is 5.89. The van der Waals surface area contributed by atoms with Gasteiger partial charge in [-0.3, -0.25) is 9.59 Å². The van der Waals surface area contributed by atoms with Crippen LogP contribution in [0.25, 0.3) is 5.76 Å². The molecule has 3 aromatic carbocycles. The molecule has 7 nitrogen and oxygen atoms in total. The zero-order chi connectivity index (χ0) is 27.2. The molecule has 1 aliphatic rings. The molecule has 1 heterocycles. The first-order valence-electron chi connectivity index (χ1n) is 12.6. The molecule has 0 spiro atoms. The second-order valence-electron chi connectivity index (χ2n) is 9.48. The van der Waals surface area contributed by atoms with E-state index in [1.54, 1.807) is 24.3 Å². The van der Waals surface area contributed by atoms with Crippen molar-refractivity contribution in [3.05, 3.63) is 101 Å². The highest BCUT2D eigenvalue weighted by atomic mass is 16.5. The fourth-order valence-corrected chi connectivity index (χ4v) is 4.50. The Morgan fingerprint density at radius 2 is 1.76 bits per heavy atom. The Balaban J connectivity index is 1.73. The molecule has 4 rings (SSSR count). The van der Waals surface area contributed by atoms with E-state index in [0.717, 1.165) is 11.1 Å². The summed E-state index contributed by atoms with van der Waals surface area (Å²) in [6.45, 7) is 6.56. The molecular formula is C31H33NO6. The molecule has 1 fully saturated rings. The Morgan fingerprint density at radius 3 is 2.45 bits per heavy atom. The van der Waals surface area contributed by atoms with Crippen LogP contribution in [0.1, 0.15) is 42.1 Å². The number of carbonyl (C=O) groups excluding carboxylic acids is 2. The number of aliphatic hydroxyl groups is 1. The van der Waals surface area contributed by atoms with E-state index in [2.05, 4.69) is 0 Å². The van der Waals surface area contributed by atoms with Crippen LogP contribution in [0.4, 0.5) is 0 Å². The van der Waals surface area contributed by atoms with Gasteiger partial charge in [-0.25, -0.2) is 0 Å². The molecule has 1 aliphatic heterocycles. The molecule has 1 unspecified atom stereocenters. The quantitative estimate of drug-likeness (QED) is 0.220. The number of ketones is 1. The number of benzene rings is 3. The van der Waals surface area contributed by atoms with Crippen LogP contribution in [0, 0.1) is 6.92 Å². The molecule has 3 aromatic rings. The summed E-state index contributed by atoms with van der Waals surface area (Å²) >= 11 is 0. The van der Waals surface area contributed by atoms with Gasteiger partial charge >= 0.3 is 0 Å². The highest BCUT2D eigenvalue weighted by Gasteiger charge is 2.46. The Bertz CT molecular complexity index is 1330. The van der Waals surface area contributed by atoms with Gasteiger partial charge in [0, 0.05) is 19.2 Å². The first kappa shape index (κ1) is 26.9. The standard InChI is InChI=1S/C31H33NO6/c1-20(2)38-26-14-13-24(17-21(26)3)29(33)27-28(32(15-16-36-4)31(35)30(27)34)23-11-8-12-25(18-23)37-19-22-9-6-5-7-10-22/h5-14,17-18,20,28,33H,15-16,19H2,1-4H3/b29-27+. The molecule has 0 radical (unpaired) electrons. The number of hydrogen-bond donors (Lipinski definition) is 1. The van der Waals surface area contributed by atoms with E-state index < -0.39 is 17.7 Å². The summed E-state index contributed by atoms with van der Waals surface area (Å²) in [7, 11) is 1.53. The van der Waals surface area contributed by atoms with Crippen molar-refractivity contribution in [1.29, 1.82) is 0 Å². The van der Waals surface area contributed by atoms with Gasteiger partial charge in [-0.2, -0.15) is 0 Å². The van der Waals surface area contributed by atoms with Gasteiger partial charge in [0.15, 0.2) is 0 Å². The number of likely N-dealkylation sites (tertiary alicyclic amines) is 1. The van der Waals surface area contributed by atoms with Crippen molar-refractivity contribution in [2.75, 3.05) is 20.3 Å². The number of amides is 1. The van der Waals surface area contributed by atoms with E-state index >= 15 is 0 Å². The summed E-state index contributed by atoms with van der Waals surface area (Å²) in [6.07, 6.45) is -0.00403. The normalized spacial score (nSPS) is 16.8. The first-order valence-corrected chi connectivity index (χ1v) is 12.6. The topological polar surface area (TPSA) is 85.3 Å². The minimum Gasteiger partial charge on any atom is -0.507 e. The van der Waals surface area contributed by atoms with Crippen LogP contribution in [0.3, 0.4) is 0 Å². The third-order valence-corrected chi connectivity index (χ3v) is 6.31. The van der Waals surface area contributed by atoms with E-state index in [4.69, 9.17) is 14.2 Å². The molecule has 1 N–H and O–H groups in total. The maximum Gasteiger partial charge on any atom is 0.295 e. The molecule has 0 bridgehead atoms. The Kier molecular flexibility index (Phi) is 8.48. The van der Waals surface area contributed by atoms with Crippen molar-refractivity contribution in [3.63, 3.8) is 0 Å². The third-order valence-electron chi connectivity index (χ3n) is 6.31. The summed E-state index contributed by atoms with van der Waals surface area (Å²) in [6, 6.07) is 21.5. The van der Waals surface area contributed by atoms with Crippen LogP contribution in [-0.2, 0) is 20.9 Å². The van der Waals surface area contributed by atoms with Crippen molar-refractivity contribution in [2.45, 2.75) is 39.5 Å². The molecule has 0 aromatic heterocycles. The van der Waals surface area contributed by atoms with Crippen molar-refractivity contribution in [3.8, 4) is 11.5 Å². The minimum atomic E-state index is -0.794. The highest BCUT2D eigenvalue weighted by Crippen LogP contribution is 2.40. The van der Waals surface area contributed by atoms with Crippen LogP contribution in [0.15, 0.2) is 78.4 Å². The predicted octanol–water partition coefficient (Wildman–Crippen LogP) is 5.43. The minimum absolute atomic E-state index is 0.00403. The molecular weight excluding hydrogens is 482 g/mol. The summed E-state index contributed by atoms with van der Waals surface area (Å²) in [5.41, 5.74) is 2.95. The van der Waals surface area contributed by atoms with Gasteiger partial charge in [-0.05, 0) is 67.8 Å². The lowest BCUT2D eigenvalue weighted by Crippen LogP contribution is -2.32. The maximum atomic E-state index is 13.3. The lowest BCUT2D eigenvalue weighted by Gasteiger charge is -2.25. The highest BCUT2D eigenvalue weighted by molar-refractivity contribution is 6.46. The predicted molar refractivity (Wildman–Crippen MR) is 145 cm³/mol.